The van der Waals surface area contributed by atoms with Crippen molar-refractivity contribution in [2.75, 3.05) is 5.32 Å². The van der Waals surface area contributed by atoms with E-state index in [0.29, 0.717) is 22.8 Å². The zero-order valence-electron chi connectivity index (χ0n) is 17.9. The molecule has 0 saturated heterocycles. The Balaban J connectivity index is 1.49. The minimum absolute atomic E-state index is 0.137. The van der Waals surface area contributed by atoms with Crippen LogP contribution in [0.1, 0.15) is 52.4 Å². The molecule has 1 aliphatic carbocycles. The van der Waals surface area contributed by atoms with Crippen LogP contribution in [-0.4, -0.2) is 31.6 Å². The molecule has 1 aliphatic rings. The molecule has 0 aliphatic heterocycles. The molecule has 1 amide bonds. The van der Waals surface area contributed by atoms with Gasteiger partial charge < -0.3 is 20.1 Å². The number of carbonyl (C=O) groups is 2. The third-order valence-electron chi connectivity index (χ3n) is 6.16. The number of nitrogens with zero attached hydrogens (tertiary/aromatic N) is 2. The first-order valence-electron chi connectivity index (χ1n) is 11.0. The number of phenols is 1. The number of phenolic OH excluding ortho intramolecular Hbond substituents is 1. The fourth-order valence-electron chi connectivity index (χ4n) is 4.49. The average molecular weight is 441 g/mol. The third kappa shape index (κ3) is 4.05. The number of carbonyl (C=O) groups excluding carboxylic acids is 1. The number of fused-ring (bicyclic) bond motifs is 1. The number of anilines is 1. The van der Waals surface area contributed by atoms with Gasteiger partial charge in [-0.1, -0.05) is 25.0 Å². The summed E-state index contributed by atoms with van der Waals surface area (Å²) >= 11 is 0. The molecule has 1 aromatic heterocycles. The summed E-state index contributed by atoms with van der Waals surface area (Å²) < 4.78 is 2.22. The standard InChI is InChI=1S/C26H23N3O4/c30-21-12-10-19(11-13-21)27-25(31)17-7-5-16(6-8-17)24-28-22-15-18(26(32)33)9-14-23(22)29(24)20-3-1-2-4-20/h5-15,20,30H,1-4H2,(H,27,31)(H,32,33). The van der Waals surface area contributed by atoms with Gasteiger partial charge in [0, 0.05) is 22.9 Å². The van der Waals surface area contributed by atoms with E-state index in [0.717, 1.165) is 42.6 Å². The van der Waals surface area contributed by atoms with Crippen molar-refractivity contribution in [3.05, 3.63) is 77.9 Å². The molecule has 7 heteroatoms. The van der Waals surface area contributed by atoms with Gasteiger partial charge in [-0.3, -0.25) is 4.79 Å². The van der Waals surface area contributed by atoms with E-state index < -0.39 is 5.97 Å². The van der Waals surface area contributed by atoms with Crippen molar-refractivity contribution >= 4 is 28.6 Å². The van der Waals surface area contributed by atoms with Gasteiger partial charge in [0.25, 0.3) is 5.91 Å². The Hall–Kier alpha value is -4.13. The molecule has 0 unspecified atom stereocenters. The number of aromatic carboxylic acids is 1. The summed E-state index contributed by atoms with van der Waals surface area (Å²) in [4.78, 5) is 28.8. The summed E-state index contributed by atoms with van der Waals surface area (Å²) in [7, 11) is 0. The summed E-state index contributed by atoms with van der Waals surface area (Å²) in [5.41, 5.74) is 3.77. The molecule has 1 saturated carbocycles. The van der Waals surface area contributed by atoms with Crippen LogP contribution in [-0.2, 0) is 0 Å². The zero-order valence-corrected chi connectivity index (χ0v) is 17.9. The summed E-state index contributed by atoms with van der Waals surface area (Å²) in [6, 6.07) is 19.0. The van der Waals surface area contributed by atoms with Gasteiger partial charge in [0.15, 0.2) is 0 Å². The van der Waals surface area contributed by atoms with Crippen molar-refractivity contribution in [2.24, 2.45) is 0 Å². The topological polar surface area (TPSA) is 104 Å². The minimum Gasteiger partial charge on any atom is -0.508 e. The number of aromatic nitrogens is 2. The Morgan fingerprint density at radius 1 is 0.909 bits per heavy atom. The van der Waals surface area contributed by atoms with Gasteiger partial charge in [0.2, 0.25) is 0 Å². The molecular formula is C26H23N3O4. The molecule has 5 rings (SSSR count). The number of benzene rings is 3. The number of rotatable bonds is 5. The van der Waals surface area contributed by atoms with E-state index in [9.17, 15) is 19.8 Å². The van der Waals surface area contributed by atoms with Gasteiger partial charge >= 0.3 is 5.97 Å². The number of hydrogen-bond acceptors (Lipinski definition) is 4. The molecular weight excluding hydrogens is 418 g/mol. The first-order valence-corrected chi connectivity index (χ1v) is 11.0. The van der Waals surface area contributed by atoms with E-state index in [-0.39, 0.29) is 17.2 Å². The molecule has 0 radical (unpaired) electrons. The quantitative estimate of drug-likeness (QED) is 0.356. The maximum Gasteiger partial charge on any atom is 0.335 e. The largest absolute Gasteiger partial charge is 0.508 e. The molecule has 3 aromatic carbocycles. The maximum atomic E-state index is 12.6. The Labute approximate surface area is 190 Å². The Morgan fingerprint density at radius 2 is 1.58 bits per heavy atom. The van der Waals surface area contributed by atoms with Crippen LogP contribution in [0.25, 0.3) is 22.4 Å². The monoisotopic (exact) mass is 441 g/mol. The molecule has 0 bridgehead atoms. The fourth-order valence-corrected chi connectivity index (χ4v) is 4.49. The summed E-state index contributed by atoms with van der Waals surface area (Å²) in [5, 5.41) is 21.6. The molecule has 0 atom stereocenters. The number of amides is 1. The highest BCUT2D eigenvalue weighted by Crippen LogP contribution is 2.37. The predicted molar refractivity (Wildman–Crippen MR) is 126 cm³/mol. The van der Waals surface area contributed by atoms with E-state index in [4.69, 9.17) is 4.98 Å². The second-order valence-corrected chi connectivity index (χ2v) is 8.33. The highest BCUT2D eigenvalue weighted by Gasteiger charge is 2.24. The summed E-state index contributed by atoms with van der Waals surface area (Å²) in [5.74, 6) is -0.302. The number of aromatic hydroxyl groups is 1. The molecule has 1 heterocycles. The van der Waals surface area contributed by atoms with Crippen molar-refractivity contribution < 1.29 is 19.8 Å². The van der Waals surface area contributed by atoms with E-state index >= 15 is 0 Å². The lowest BCUT2D eigenvalue weighted by molar-refractivity contribution is 0.0696. The van der Waals surface area contributed by atoms with Crippen molar-refractivity contribution in [3.8, 4) is 17.1 Å². The van der Waals surface area contributed by atoms with E-state index in [1.807, 2.05) is 18.2 Å². The number of nitrogens with one attached hydrogen (secondary N) is 1. The molecule has 3 N–H and O–H groups in total. The second kappa shape index (κ2) is 8.43. The zero-order chi connectivity index (χ0) is 22.9. The molecule has 33 heavy (non-hydrogen) atoms. The van der Waals surface area contributed by atoms with Crippen LogP contribution >= 0.6 is 0 Å². The molecule has 1 fully saturated rings. The molecule has 4 aromatic rings. The highest BCUT2D eigenvalue weighted by molar-refractivity contribution is 6.04. The number of carboxylic acids is 1. The van der Waals surface area contributed by atoms with Gasteiger partial charge in [-0.2, -0.15) is 0 Å². The Bertz CT molecular complexity index is 1330. The van der Waals surface area contributed by atoms with Crippen molar-refractivity contribution in [3.63, 3.8) is 0 Å². The second-order valence-electron chi connectivity index (χ2n) is 8.33. The van der Waals surface area contributed by atoms with Gasteiger partial charge in [-0.25, -0.2) is 9.78 Å². The van der Waals surface area contributed by atoms with Crippen LogP contribution in [0.3, 0.4) is 0 Å². The van der Waals surface area contributed by atoms with E-state index in [1.54, 1.807) is 36.4 Å². The van der Waals surface area contributed by atoms with Gasteiger partial charge in [-0.05, 0) is 67.4 Å². The van der Waals surface area contributed by atoms with E-state index in [1.165, 1.54) is 12.1 Å². The van der Waals surface area contributed by atoms with Crippen LogP contribution < -0.4 is 5.32 Å². The van der Waals surface area contributed by atoms with Crippen molar-refractivity contribution in [2.45, 2.75) is 31.7 Å². The van der Waals surface area contributed by atoms with Crippen LogP contribution in [0.2, 0.25) is 0 Å². The van der Waals surface area contributed by atoms with Crippen LogP contribution in [0.15, 0.2) is 66.7 Å². The average Bonchev–Trinajstić information content (AvgIpc) is 3.47. The van der Waals surface area contributed by atoms with Gasteiger partial charge in [0.1, 0.15) is 11.6 Å². The van der Waals surface area contributed by atoms with Crippen LogP contribution in [0.5, 0.6) is 5.75 Å². The SMILES string of the molecule is O=C(O)c1ccc2c(c1)nc(-c1ccc(C(=O)Nc3ccc(O)cc3)cc1)n2C1CCCC1. The van der Waals surface area contributed by atoms with Crippen LogP contribution in [0, 0.1) is 0 Å². The maximum absolute atomic E-state index is 12.6. The Morgan fingerprint density at radius 3 is 2.24 bits per heavy atom. The first-order chi connectivity index (χ1) is 16.0. The predicted octanol–water partition coefficient (Wildman–Crippen LogP) is 5.47. The highest BCUT2D eigenvalue weighted by atomic mass is 16.4. The lowest BCUT2D eigenvalue weighted by Crippen LogP contribution is -2.11. The van der Waals surface area contributed by atoms with Crippen molar-refractivity contribution in [1.82, 2.24) is 9.55 Å². The molecule has 7 nitrogen and oxygen atoms in total. The molecule has 166 valence electrons. The van der Waals surface area contributed by atoms with E-state index in [2.05, 4.69) is 9.88 Å². The van der Waals surface area contributed by atoms with Gasteiger partial charge in [0.05, 0.1) is 16.6 Å². The normalized spacial score (nSPS) is 13.9. The number of hydrogen-bond donors (Lipinski definition) is 3. The van der Waals surface area contributed by atoms with Crippen molar-refractivity contribution in [1.29, 1.82) is 0 Å². The molecule has 0 spiro atoms. The minimum atomic E-state index is -0.974. The number of imidazole rings is 1. The lowest BCUT2D eigenvalue weighted by atomic mass is 10.1. The summed E-state index contributed by atoms with van der Waals surface area (Å²) in [6.45, 7) is 0. The lowest BCUT2D eigenvalue weighted by Gasteiger charge is -2.16. The smallest absolute Gasteiger partial charge is 0.335 e. The third-order valence-corrected chi connectivity index (χ3v) is 6.16. The van der Waals surface area contributed by atoms with Crippen LogP contribution in [0.4, 0.5) is 5.69 Å². The first kappa shape index (κ1) is 20.8. The Kier molecular flexibility index (Phi) is 5.30. The fraction of sp³-hybridized carbons (Fsp3) is 0.192. The summed E-state index contributed by atoms with van der Waals surface area (Å²) in [6.07, 6.45) is 4.44. The van der Waals surface area contributed by atoms with Gasteiger partial charge in [-0.15, -0.1) is 0 Å². The number of carboxylic acid groups (broad SMARTS) is 1.